The molecule has 0 spiro atoms. The first kappa shape index (κ1) is 12.6. The molecule has 0 atom stereocenters. The predicted octanol–water partition coefficient (Wildman–Crippen LogP) is 2.01. The lowest BCUT2D eigenvalue weighted by molar-refractivity contribution is -0.108. The first-order valence-electron chi connectivity index (χ1n) is 4.89. The molecule has 0 aliphatic rings. The summed E-state index contributed by atoms with van der Waals surface area (Å²) >= 11 is 1.61. The second kappa shape index (κ2) is 6.90. The van der Waals surface area contributed by atoms with Crippen LogP contribution in [-0.2, 0) is 20.6 Å². The van der Waals surface area contributed by atoms with Gasteiger partial charge in [-0.2, -0.15) is 0 Å². The Morgan fingerprint density at radius 2 is 2.13 bits per heavy atom. The van der Waals surface area contributed by atoms with Crippen LogP contribution in [0.25, 0.3) is 0 Å². The van der Waals surface area contributed by atoms with Crippen LogP contribution in [0.5, 0.6) is 0 Å². The molecule has 0 amide bonds. The van der Waals surface area contributed by atoms with E-state index in [4.69, 9.17) is 14.2 Å². The summed E-state index contributed by atoms with van der Waals surface area (Å²) in [7, 11) is 3.21. The molecule has 0 saturated carbocycles. The average molecular weight is 231 g/mol. The summed E-state index contributed by atoms with van der Waals surface area (Å²) in [5.41, 5.74) is 0.830. The Morgan fingerprint density at radius 1 is 1.40 bits per heavy atom. The molecule has 0 aliphatic carbocycles. The number of ether oxygens (including phenoxy) is 3. The van der Waals surface area contributed by atoms with Crippen molar-refractivity contribution in [3.05, 3.63) is 16.1 Å². The van der Waals surface area contributed by atoms with Gasteiger partial charge in [0.25, 0.3) is 0 Å². The van der Waals surface area contributed by atoms with Crippen molar-refractivity contribution >= 4 is 11.3 Å². The third-order valence-electron chi connectivity index (χ3n) is 1.90. The normalized spacial score (nSPS) is 11.2. The molecule has 4 nitrogen and oxygen atoms in total. The summed E-state index contributed by atoms with van der Waals surface area (Å²) < 4.78 is 15.5. The van der Waals surface area contributed by atoms with Crippen molar-refractivity contribution in [2.45, 2.75) is 19.6 Å². The lowest BCUT2D eigenvalue weighted by atomic mass is 10.4. The smallest absolute Gasteiger partial charge is 0.201 e. The maximum absolute atomic E-state index is 5.26. The monoisotopic (exact) mass is 231 g/mol. The Hall–Kier alpha value is -0.490. The zero-order valence-electron chi connectivity index (χ0n) is 9.36. The fraction of sp³-hybridized carbons (Fsp3) is 0.700. The lowest BCUT2D eigenvalue weighted by Gasteiger charge is -2.09. The van der Waals surface area contributed by atoms with Gasteiger partial charge in [-0.15, -0.1) is 11.3 Å². The molecule has 1 rings (SSSR count). The highest BCUT2D eigenvalue weighted by atomic mass is 32.1. The molecule has 0 N–H and O–H groups in total. The largest absolute Gasteiger partial charge is 0.381 e. The molecule has 86 valence electrons. The number of nitrogens with zero attached hydrogens (tertiary/aromatic N) is 1. The fourth-order valence-corrected chi connectivity index (χ4v) is 1.97. The summed E-state index contributed by atoms with van der Waals surface area (Å²) in [4.78, 5) is 4.41. The van der Waals surface area contributed by atoms with Crippen LogP contribution in [-0.4, -0.2) is 32.4 Å². The Labute approximate surface area is 94.2 Å². The molecule has 0 fully saturated rings. The van der Waals surface area contributed by atoms with Crippen LogP contribution < -0.4 is 0 Å². The molecule has 1 aromatic rings. The van der Waals surface area contributed by atoms with E-state index in [2.05, 4.69) is 4.98 Å². The number of hydrogen-bond donors (Lipinski definition) is 0. The van der Waals surface area contributed by atoms with Crippen molar-refractivity contribution in [2.24, 2.45) is 0 Å². The molecule has 1 aromatic heterocycles. The fourth-order valence-electron chi connectivity index (χ4n) is 1.19. The molecule has 0 aliphatic heterocycles. The van der Waals surface area contributed by atoms with Crippen molar-refractivity contribution in [1.29, 1.82) is 0 Å². The van der Waals surface area contributed by atoms with Gasteiger partial charge in [-0.05, 0) is 6.92 Å². The first-order chi connectivity index (χ1) is 7.31. The third kappa shape index (κ3) is 3.87. The highest BCUT2D eigenvalue weighted by Crippen LogP contribution is 2.20. The van der Waals surface area contributed by atoms with Crippen LogP contribution in [0, 0.1) is 0 Å². The van der Waals surface area contributed by atoms with Gasteiger partial charge in [0, 0.05) is 32.6 Å². The van der Waals surface area contributed by atoms with Crippen molar-refractivity contribution < 1.29 is 14.2 Å². The summed E-state index contributed by atoms with van der Waals surface area (Å²) in [6.45, 7) is 3.45. The number of aromatic nitrogens is 1. The van der Waals surface area contributed by atoms with E-state index in [1.807, 2.05) is 12.3 Å². The van der Waals surface area contributed by atoms with Gasteiger partial charge in [-0.1, -0.05) is 0 Å². The standard InChI is InChI=1S/C10H17NO3S/c1-4-14-6-5-9-11-8(7-15-9)10(12-2)13-3/h7,10H,4-6H2,1-3H3. The van der Waals surface area contributed by atoms with Gasteiger partial charge in [0.1, 0.15) is 5.69 Å². The van der Waals surface area contributed by atoms with Gasteiger partial charge in [0.15, 0.2) is 0 Å². The number of methoxy groups -OCH3 is 2. The number of thiazole rings is 1. The molecule has 1 heterocycles. The van der Waals surface area contributed by atoms with Gasteiger partial charge in [0.05, 0.1) is 11.6 Å². The van der Waals surface area contributed by atoms with Gasteiger partial charge in [0.2, 0.25) is 6.29 Å². The highest BCUT2D eigenvalue weighted by molar-refractivity contribution is 7.09. The van der Waals surface area contributed by atoms with E-state index in [0.29, 0.717) is 6.61 Å². The summed E-state index contributed by atoms with van der Waals surface area (Å²) in [6.07, 6.45) is 0.487. The Bertz CT molecular complexity index is 273. The zero-order chi connectivity index (χ0) is 11.1. The molecule has 0 unspecified atom stereocenters. The lowest BCUT2D eigenvalue weighted by Crippen LogP contribution is -2.04. The zero-order valence-corrected chi connectivity index (χ0v) is 10.2. The maximum atomic E-state index is 5.26. The summed E-state index contributed by atoms with van der Waals surface area (Å²) in [5.74, 6) is 0. The summed E-state index contributed by atoms with van der Waals surface area (Å²) in [6, 6.07) is 0. The average Bonchev–Trinajstić information content (AvgIpc) is 2.69. The third-order valence-corrected chi connectivity index (χ3v) is 2.83. The van der Waals surface area contributed by atoms with Crippen molar-refractivity contribution in [3.63, 3.8) is 0 Å². The molecule has 0 radical (unpaired) electrons. The Morgan fingerprint density at radius 3 is 2.73 bits per heavy atom. The van der Waals surface area contributed by atoms with E-state index in [0.717, 1.165) is 23.7 Å². The minimum absolute atomic E-state index is 0.359. The molecule has 5 heteroatoms. The van der Waals surface area contributed by atoms with Gasteiger partial charge in [-0.3, -0.25) is 0 Å². The molecular formula is C10H17NO3S. The van der Waals surface area contributed by atoms with E-state index in [1.54, 1.807) is 25.6 Å². The minimum atomic E-state index is -0.359. The quantitative estimate of drug-likeness (QED) is 0.531. The van der Waals surface area contributed by atoms with Gasteiger partial charge < -0.3 is 14.2 Å². The molecule has 0 saturated heterocycles. The SMILES string of the molecule is CCOCCc1nc(C(OC)OC)cs1. The van der Waals surface area contributed by atoms with Crippen molar-refractivity contribution in [2.75, 3.05) is 27.4 Å². The van der Waals surface area contributed by atoms with Crippen LogP contribution in [0.4, 0.5) is 0 Å². The van der Waals surface area contributed by atoms with Gasteiger partial charge >= 0.3 is 0 Å². The second-order valence-electron chi connectivity index (χ2n) is 2.92. The van der Waals surface area contributed by atoms with Crippen molar-refractivity contribution in [1.82, 2.24) is 4.98 Å². The second-order valence-corrected chi connectivity index (χ2v) is 3.86. The minimum Gasteiger partial charge on any atom is -0.381 e. The van der Waals surface area contributed by atoms with Crippen LogP contribution in [0.1, 0.15) is 23.9 Å². The van der Waals surface area contributed by atoms with E-state index in [1.165, 1.54) is 0 Å². The molecule has 0 aromatic carbocycles. The molecule has 0 bridgehead atoms. The Balaban J connectivity index is 2.47. The van der Waals surface area contributed by atoms with Crippen LogP contribution >= 0.6 is 11.3 Å². The van der Waals surface area contributed by atoms with E-state index in [-0.39, 0.29) is 6.29 Å². The predicted molar refractivity (Wildman–Crippen MR) is 59.1 cm³/mol. The number of rotatable bonds is 7. The van der Waals surface area contributed by atoms with Crippen LogP contribution in [0.3, 0.4) is 0 Å². The van der Waals surface area contributed by atoms with E-state index >= 15 is 0 Å². The topological polar surface area (TPSA) is 40.6 Å². The highest BCUT2D eigenvalue weighted by Gasteiger charge is 2.12. The van der Waals surface area contributed by atoms with Crippen molar-refractivity contribution in [3.8, 4) is 0 Å². The van der Waals surface area contributed by atoms with E-state index < -0.39 is 0 Å². The van der Waals surface area contributed by atoms with Crippen LogP contribution in [0.2, 0.25) is 0 Å². The first-order valence-corrected chi connectivity index (χ1v) is 5.77. The maximum Gasteiger partial charge on any atom is 0.201 e. The van der Waals surface area contributed by atoms with Crippen LogP contribution in [0.15, 0.2) is 5.38 Å². The van der Waals surface area contributed by atoms with Gasteiger partial charge in [-0.25, -0.2) is 4.98 Å². The Kier molecular flexibility index (Phi) is 5.78. The molecule has 15 heavy (non-hydrogen) atoms. The van der Waals surface area contributed by atoms with E-state index in [9.17, 15) is 0 Å². The molecular weight excluding hydrogens is 214 g/mol. The summed E-state index contributed by atoms with van der Waals surface area (Å²) in [5, 5.41) is 3.01. The number of hydrogen-bond acceptors (Lipinski definition) is 5.